The van der Waals surface area contributed by atoms with Crippen LogP contribution in [-0.2, 0) is 0 Å². The molecular weight excluding hydrogens is 382 g/mol. The lowest BCUT2D eigenvalue weighted by Crippen LogP contribution is -2.42. The smallest absolute Gasteiger partial charge is 0.289 e. The first-order chi connectivity index (χ1) is 14.6. The highest BCUT2D eigenvalue weighted by Crippen LogP contribution is 2.39. The van der Waals surface area contributed by atoms with Gasteiger partial charge in [0.05, 0.1) is 24.2 Å². The zero-order valence-corrected chi connectivity index (χ0v) is 16.8. The molecule has 2 fully saturated rings. The average Bonchev–Trinajstić information content (AvgIpc) is 3.37. The molecule has 0 spiro atoms. The van der Waals surface area contributed by atoms with Gasteiger partial charge in [-0.15, -0.1) is 0 Å². The van der Waals surface area contributed by atoms with Crippen LogP contribution >= 0.6 is 0 Å². The van der Waals surface area contributed by atoms with Crippen molar-refractivity contribution in [3.8, 4) is 11.5 Å². The number of ether oxygens (including phenoxy) is 2. The number of benzene rings is 2. The second kappa shape index (κ2) is 7.65. The van der Waals surface area contributed by atoms with Crippen LogP contribution in [0.4, 0.5) is 0 Å². The van der Waals surface area contributed by atoms with E-state index in [1.807, 2.05) is 53.4 Å². The van der Waals surface area contributed by atoms with Gasteiger partial charge in [0, 0.05) is 13.1 Å². The van der Waals surface area contributed by atoms with Crippen LogP contribution < -0.4 is 9.47 Å². The molecule has 7 heteroatoms. The van der Waals surface area contributed by atoms with Gasteiger partial charge in [0.2, 0.25) is 0 Å². The van der Waals surface area contributed by atoms with E-state index >= 15 is 0 Å². The molecule has 1 amide bonds. The zero-order valence-electron chi connectivity index (χ0n) is 16.8. The molecule has 1 aliphatic carbocycles. The Morgan fingerprint density at radius 1 is 1.07 bits per heavy atom. The number of nitrogens with zero attached hydrogens (tertiary/aromatic N) is 2. The third-order valence-corrected chi connectivity index (χ3v) is 6.31. The molecule has 0 bridgehead atoms. The summed E-state index contributed by atoms with van der Waals surface area (Å²) >= 11 is 0. The Morgan fingerprint density at radius 2 is 1.77 bits per heavy atom. The SMILES string of the molecule is COc1ccccc1O[C@@H]1C[C@@H]2CN(C(=O)c3nc4ccccc4[nH]3)C[C@@H]2C[C@H]1O. The average molecular weight is 407 g/mol. The topological polar surface area (TPSA) is 87.7 Å². The maximum absolute atomic E-state index is 13.0. The van der Waals surface area contributed by atoms with Crippen LogP contribution in [0.1, 0.15) is 23.5 Å². The predicted molar refractivity (Wildman–Crippen MR) is 112 cm³/mol. The fraction of sp³-hybridized carbons (Fsp3) is 0.391. The summed E-state index contributed by atoms with van der Waals surface area (Å²) in [6.45, 7) is 1.29. The van der Waals surface area contributed by atoms with Gasteiger partial charge in [-0.05, 0) is 48.9 Å². The van der Waals surface area contributed by atoms with Gasteiger partial charge in [-0.25, -0.2) is 4.98 Å². The second-order valence-electron chi connectivity index (χ2n) is 8.18. The lowest BCUT2D eigenvalue weighted by molar-refractivity contribution is -0.0240. The molecule has 156 valence electrons. The third-order valence-electron chi connectivity index (χ3n) is 6.31. The molecule has 1 saturated carbocycles. The number of nitrogens with one attached hydrogen (secondary N) is 1. The summed E-state index contributed by atoms with van der Waals surface area (Å²) in [5.74, 6) is 2.14. The molecule has 2 aromatic carbocycles. The molecule has 0 radical (unpaired) electrons. The largest absolute Gasteiger partial charge is 0.493 e. The van der Waals surface area contributed by atoms with E-state index in [1.54, 1.807) is 7.11 Å². The van der Waals surface area contributed by atoms with Gasteiger partial charge in [-0.1, -0.05) is 24.3 Å². The number of amides is 1. The van der Waals surface area contributed by atoms with Crippen molar-refractivity contribution in [3.05, 3.63) is 54.4 Å². The highest BCUT2D eigenvalue weighted by Gasteiger charge is 2.44. The minimum Gasteiger partial charge on any atom is -0.493 e. The molecule has 1 aliphatic heterocycles. The van der Waals surface area contributed by atoms with Crippen LogP contribution in [-0.4, -0.2) is 58.3 Å². The Kier molecular flexibility index (Phi) is 4.83. The molecule has 4 atom stereocenters. The Bertz CT molecular complexity index is 1030. The fourth-order valence-electron chi connectivity index (χ4n) is 4.77. The zero-order chi connectivity index (χ0) is 20.7. The van der Waals surface area contributed by atoms with Crippen LogP contribution in [0, 0.1) is 11.8 Å². The number of imidazole rings is 1. The van der Waals surface area contributed by atoms with Crippen molar-refractivity contribution in [1.29, 1.82) is 0 Å². The summed E-state index contributed by atoms with van der Waals surface area (Å²) in [6.07, 6.45) is 0.434. The molecule has 0 unspecified atom stereocenters. The quantitative estimate of drug-likeness (QED) is 0.694. The number of hydrogen-bond acceptors (Lipinski definition) is 5. The molecule has 2 N–H and O–H groups in total. The van der Waals surface area contributed by atoms with Gasteiger partial charge in [0.15, 0.2) is 17.3 Å². The molecule has 1 saturated heterocycles. The Labute approximate surface area is 174 Å². The predicted octanol–water partition coefficient (Wildman–Crippen LogP) is 2.86. The number of fused-ring (bicyclic) bond motifs is 2. The van der Waals surface area contributed by atoms with Crippen molar-refractivity contribution < 1.29 is 19.4 Å². The van der Waals surface area contributed by atoms with Crippen molar-refractivity contribution in [2.75, 3.05) is 20.2 Å². The molecule has 5 rings (SSSR count). The van der Waals surface area contributed by atoms with Gasteiger partial charge >= 0.3 is 0 Å². The van der Waals surface area contributed by atoms with Gasteiger partial charge in [-0.3, -0.25) is 4.79 Å². The maximum atomic E-state index is 13.0. The Morgan fingerprint density at radius 3 is 2.53 bits per heavy atom. The lowest BCUT2D eigenvalue weighted by atomic mass is 9.78. The molecular formula is C23H25N3O4. The number of methoxy groups -OCH3 is 1. The van der Waals surface area contributed by atoms with Crippen molar-refractivity contribution in [2.45, 2.75) is 25.0 Å². The minimum atomic E-state index is -0.572. The fourth-order valence-corrected chi connectivity index (χ4v) is 4.77. The van der Waals surface area contributed by atoms with Gasteiger partial charge in [-0.2, -0.15) is 0 Å². The Hall–Kier alpha value is -3.06. The maximum Gasteiger partial charge on any atom is 0.289 e. The van der Waals surface area contributed by atoms with E-state index in [2.05, 4.69) is 9.97 Å². The van der Waals surface area contributed by atoms with Crippen LogP contribution in [0.15, 0.2) is 48.5 Å². The van der Waals surface area contributed by atoms with Gasteiger partial charge in [0.25, 0.3) is 5.91 Å². The first kappa shape index (κ1) is 18.9. The van der Waals surface area contributed by atoms with E-state index in [9.17, 15) is 9.90 Å². The summed E-state index contributed by atoms with van der Waals surface area (Å²) in [5.41, 5.74) is 1.65. The summed E-state index contributed by atoms with van der Waals surface area (Å²) in [5, 5.41) is 10.7. The first-order valence-electron chi connectivity index (χ1n) is 10.3. The van der Waals surface area contributed by atoms with Crippen LogP contribution in [0.5, 0.6) is 11.5 Å². The highest BCUT2D eigenvalue weighted by atomic mass is 16.5. The van der Waals surface area contributed by atoms with E-state index in [0.717, 1.165) is 11.0 Å². The number of H-pyrrole nitrogens is 1. The summed E-state index contributed by atoms with van der Waals surface area (Å²) in [6, 6.07) is 15.1. The molecule has 7 nitrogen and oxygen atoms in total. The van der Waals surface area contributed by atoms with Crippen LogP contribution in [0.2, 0.25) is 0 Å². The number of aliphatic hydroxyl groups excluding tert-OH is 1. The van der Waals surface area contributed by atoms with Crippen molar-refractivity contribution in [3.63, 3.8) is 0 Å². The number of aromatic nitrogens is 2. The summed E-state index contributed by atoms with van der Waals surface area (Å²) < 4.78 is 11.5. The van der Waals surface area contributed by atoms with E-state index in [0.29, 0.717) is 49.2 Å². The van der Waals surface area contributed by atoms with E-state index in [1.165, 1.54) is 0 Å². The number of aliphatic hydroxyl groups is 1. The van der Waals surface area contributed by atoms with Crippen molar-refractivity contribution in [2.24, 2.45) is 11.8 Å². The van der Waals surface area contributed by atoms with Gasteiger partial charge < -0.3 is 24.5 Å². The van der Waals surface area contributed by atoms with E-state index in [-0.39, 0.29) is 17.9 Å². The molecule has 2 aliphatic rings. The number of carbonyl (C=O) groups excluding carboxylic acids is 1. The number of carbonyl (C=O) groups is 1. The first-order valence-corrected chi connectivity index (χ1v) is 10.3. The normalized spacial score (nSPS) is 25.9. The van der Waals surface area contributed by atoms with Gasteiger partial charge in [0.1, 0.15) is 6.10 Å². The molecule has 3 aromatic rings. The molecule has 30 heavy (non-hydrogen) atoms. The monoisotopic (exact) mass is 407 g/mol. The standard InChI is InChI=1S/C23H25N3O4/c1-29-19-8-4-5-9-20(19)30-21-11-15-13-26(12-14(15)10-18(21)27)23(28)22-24-16-6-2-3-7-17(16)25-22/h2-9,14-15,18,21,27H,10-13H2,1H3,(H,24,25)/t14-,15+,18+,21+/m0/s1. The lowest BCUT2D eigenvalue weighted by Gasteiger charge is -2.35. The number of aromatic amines is 1. The third kappa shape index (κ3) is 3.39. The summed E-state index contributed by atoms with van der Waals surface area (Å²) in [4.78, 5) is 22.4. The van der Waals surface area contributed by atoms with E-state index in [4.69, 9.17) is 9.47 Å². The summed E-state index contributed by atoms with van der Waals surface area (Å²) in [7, 11) is 1.61. The number of likely N-dealkylation sites (tertiary alicyclic amines) is 1. The number of rotatable bonds is 4. The van der Waals surface area contributed by atoms with Crippen LogP contribution in [0.25, 0.3) is 11.0 Å². The van der Waals surface area contributed by atoms with Crippen LogP contribution in [0.3, 0.4) is 0 Å². The van der Waals surface area contributed by atoms with Crippen molar-refractivity contribution >= 4 is 16.9 Å². The van der Waals surface area contributed by atoms with E-state index < -0.39 is 6.10 Å². The minimum absolute atomic E-state index is 0.0858. The molecule has 2 heterocycles. The number of para-hydroxylation sites is 4. The molecule has 1 aromatic heterocycles. The van der Waals surface area contributed by atoms with Crippen molar-refractivity contribution in [1.82, 2.24) is 14.9 Å². The second-order valence-corrected chi connectivity index (χ2v) is 8.18. The number of hydrogen-bond donors (Lipinski definition) is 2. The Balaban J connectivity index is 1.29. The highest BCUT2D eigenvalue weighted by molar-refractivity contribution is 5.94.